The Bertz CT molecular complexity index is 423. The first-order valence-corrected chi connectivity index (χ1v) is 7.17. The second-order valence-corrected chi connectivity index (χ2v) is 6.02. The molecule has 0 aromatic rings. The normalized spacial score (nSPS) is 31.3. The van der Waals surface area contributed by atoms with Gasteiger partial charge in [0.15, 0.2) is 0 Å². The molecule has 0 spiro atoms. The van der Waals surface area contributed by atoms with Gasteiger partial charge in [-0.05, 0) is 25.2 Å². The lowest BCUT2D eigenvalue weighted by atomic mass is 9.89. The van der Waals surface area contributed by atoms with E-state index in [1.165, 1.54) is 4.90 Å². The molecule has 1 N–H and O–H groups in total. The van der Waals surface area contributed by atoms with Crippen LogP contribution in [-0.4, -0.2) is 58.9 Å². The largest absolute Gasteiger partial charge is 0.480 e. The number of carboxylic acid groups (broad SMARTS) is 1. The van der Waals surface area contributed by atoms with Crippen LogP contribution in [0.3, 0.4) is 0 Å². The van der Waals surface area contributed by atoms with Crippen molar-refractivity contribution in [2.45, 2.75) is 38.6 Å². The lowest BCUT2D eigenvalue weighted by Crippen LogP contribution is -2.53. The van der Waals surface area contributed by atoms with Crippen molar-refractivity contribution in [2.75, 3.05) is 20.1 Å². The zero-order valence-corrected chi connectivity index (χ0v) is 12.0. The van der Waals surface area contributed by atoms with E-state index in [-0.39, 0.29) is 24.2 Å². The topological polar surface area (TPSA) is 77.9 Å². The van der Waals surface area contributed by atoms with Gasteiger partial charge >= 0.3 is 5.97 Å². The molecule has 2 heterocycles. The maximum absolute atomic E-state index is 12.5. The van der Waals surface area contributed by atoms with Crippen LogP contribution in [0.15, 0.2) is 0 Å². The molecule has 6 nitrogen and oxygen atoms in total. The van der Waals surface area contributed by atoms with Crippen LogP contribution < -0.4 is 0 Å². The van der Waals surface area contributed by atoms with E-state index >= 15 is 0 Å². The molecule has 3 unspecified atom stereocenters. The van der Waals surface area contributed by atoms with Gasteiger partial charge in [-0.25, -0.2) is 4.79 Å². The third kappa shape index (κ3) is 2.94. The molecule has 6 heteroatoms. The van der Waals surface area contributed by atoms with Crippen LogP contribution in [-0.2, 0) is 14.4 Å². The van der Waals surface area contributed by atoms with E-state index in [1.807, 2.05) is 6.92 Å². The van der Waals surface area contributed by atoms with Crippen molar-refractivity contribution in [3.8, 4) is 0 Å². The summed E-state index contributed by atoms with van der Waals surface area (Å²) in [6, 6.07) is -0.735. The van der Waals surface area contributed by atoms with Crippen molar-refractivity contribution in [3.05, 3.63) is 0 Å². The minimum Gasteiger partial charge on any atom is -0.480 e. The summed E-state index contributed by atoms with van der Waals surface area (Å²) in [5.41, 5.74) is 0. The molecular formula is C14H22N2O4. The average Bonchev–Trinajstić information content (AvgIpc) is 2.41. The van der Waals surface area contributed by atoms with Gasteiger partial charge in [0, 0.05) is 32.5 Å². The first-order valence-electron chi connectivity index (χ1n) is 7.17. The Kier molecular flexibility index (Phi) is 4.30. The lowest BCUT2D eigenvalue weighted by molar-refractivity contribution is -0.156. The molecule has 0 aliphatic carbocycles. The van der Waals surface area contributed by atoms with Crippen molar-refractivity contribution in [1.29, 1.82) is 0 Å². The smallest absolute Gasteiger partial charge is 0.326 e. The van der Waals surface area contributed by atoms with E-state index in [9.17, 15) is 19.5 Å². The molecule has 2 amide bonds. The number of hydrogen-bond acceptors (Lipinski definition) is 3. The van der Waals surface area contributed by atoms with Gasteiger partial charge in [-0.2, -0.15) is 0 Å². The van der Waals surface area contributed by atoms with Crippen LogP contribution >= 0.6 is 0 Å². The summed E-state index contributed by atoms with van der Waals surface area (Å²) in [4.78, 5) is 38.7. The van der Waals surface area contributed by atoms with Gasteiger partial charge in [0.1, 0.15) is 6.04 Å². The molecular weight excluding hydrogens is 260 g/mol. The zero-order valence-electron chi connectivity index (χ0n) is 12.0. The number of carboxylic acids is 1. The third-order valence-electron chi connectivity index (χ3n) is 4.44. The summed E-state index contributed by atoms with van der Waals surface area (Å²) in [5, 5.41) is 9.30. The summed E-state index contributed by atoms with van der Waals surface area (Å²) in [5.74, 6) is -1.17. The number of likely N-dealkylation sites (tertiary alicyclic amines) is 2. The molecule has 2 fully saturated rings. The number of hydrogen-bond donors (Lipinski definition) is 1. The molecule has 0 aromatic heterocycles. The van der Waals surface area contributed by atoms with Crippen molar-refractivity contribution in [1.82, 2.24) is 9.80 Å². The Morgan fingerprint density at radius 3 is 2.55 bits per heavy atom. The molecule has 2 saturated heterocycles. The number of nitrogens with zero attached hydrogens (tertiary/aromatic N) is 2. The van der Waals surface area contributed by atoms with E-state index in [0.29, 0.717) is 31.8 Å². The predicted octanol–water partition coefficient (Wildman–Crippen LogP) is 0.566. The minimum absolute atomic E-state index is 0.0353. The Hall–Kier alpha value is -1.59. The van der Waals surface area contributed by atoms with Gasteiger partial charge in [-0.3, -0.25) is 9.59 Å². The van der Waals surface area contributed by atoms with Crippen molar-refractivity contribution < 1.29 is 19.5 Å². The molecule has 2 aliphatic rings. The van der Waals surface area contributed by atoms with Crippen LogP contribution in [0, 0.1) is 11.8 Å². The Morgan fingerprint density at radius 1 is 1.25 bits per heavy atom. The number of carbonyl (C=O) groups is 3. The fraction of sp³-hybridized carbons (Fsp3) is 0.786. The first kappa shape index (κ1) is 14.8. The van der Waals surface area contributed by atoms with Gasteiger partial charge in [0.25, 0.3) is 0 Å². The van der Waals surface area contributed by atoms with Crippen molar-refractivity contribution >= 4 is 17.8 Å². The molecule has 2 aliphatic heterocycles. The second-order valence-electron chi connectivity index (χ2n) is 6.02. The molecule has 0 saturated carbocycles. The fourth-order valence-corrected chi connectivity index (χ4v) is 3.03. The lowest BCUT2D eigenvalue weighted by Gasteiger charge is -2.39. The van der Waals surface area contributed by atoms with Crippen LogP contribution in [0.1, 0.15) is 32.6 Å². The van der Waals surface area contributed by atoms with E-state index < -0.39 is 12.0 Å². The van der Waals surface area contributed by atoms with Crippen LogP contribution in [0.2, 0.25) is 0 Å². The molecule has 0 bridgehead atoms. The predicted molar refractivity (Wildman–Crippen MR) is 71.9 cm³/mol. The highest BCUT2D eigenvalue weighted by atomic mass is 16.4. The minimum atomic E-state index is -0.941. The maximum Gasteiger partial charge on any atom is 0.326 e. The SMILES string of the molecule is CC1CCN(C(=O)C2CCN(C)C(=O)C2)C(C(=O)O)C1. The van der Waals surface area contributed by atoms with Crippen LogP contribution in [0.5, 0.6) is 0 Å². The first-order chi connectivity index (χ1) is 9.40. The molecule has 2 rings (SSSR count). The molecule has 112 valence electrons. The maximum atomic E-state index is 12.5. The van der Waals surface area contributed by atoms with E-state index in [0.717, 1.165) is 6.42 Å². The number of amides is 2. The summed E-state index contributed by atoms with van der Waals surface area (Å²) < 4.78 is 0. The van der Waals surface area contributed by atoms with Crippen LogP contribution in [0.25, 0.3) is 0 Å². The highest BCUT2D eigenvalue weighted by Gasteiger charge is 2.39. The molecule has 0 aromatic carbocycles. The number of aliphatic carboxylic acids is 1. The van der Waals surface area contributed by atoms with Crippen molar-refractivity contribution in [3.63, 3.8) is 0 Å². The summed E-state index contributed by atoms with van der Waals surface area (Å²) >= 11 is 0. The van der Waals surface area contributed by atoms with Crippen LogP contribution in [0.4, 0.5) is 0 Å². The van der Waals surface area contributed by atoms with Crippen molar-refractivity contribution in [2.24, 2.45) is 11.8 Å². The Balaban J connectivity index is 2.07. The standard InChI is InChI=1S/C14H22N2O4/c1-9-3-6-16(11(7-9)14(19)20)13(18)10-4-5-15(2)12(17)8-10/h9-11H,3-8H2,1-2H3,(H,19,20). The number of carbonyl (C=O) groups excluding carboxylic acids is 2. The average molecular weight is 282 g/mol. The highest BCUT2D eigenvalue weighted by molar-refractivity contribution is 5.89. The van der Waals surface area contributed by atoms with Gasteiger partial charge in [0.05, 0.1) is 0 Å². The Morgan fingerprint density at radius 2 is 1.95 bits per heavy atom. The van der Waals surface area contributed by atoms with Gasteiger partial charge in [-0.1, -0.05) is 6.92 Å². The summed E-state index contributed by atoms with van der Waals surface area (Å²) in [7, 11) is 1.73. The van der Waals surface area contributed by atoms with Gasteiger partial charge < -0.3 is 14.9 Å². The fourth-order valence-electron chi connectivity index (χ4n) is 3.03. The Labute approximate surface area is 118 Å². The molecule has 0 radical (unpaired) electrons. The monoisotopic (exact) mass is 282 g/mol. The molecule has 20 heavy (non-hydrogen) atoms. The van der Waals surface area contributed by atoms with E-state index in [4.69, 9.17) is 0 Å². The van der Waals surface area contributed by atoms with E-state index in [2.05, 4.69) is 0 Å². The van der Waals surface area contributed by atoms with Gasteiger partial charge in [-0.15, -0.1) is 0 Å². The number of piperidine rings is 2. The quantitative estimate of drug-likeness (QED) is 0.803. The molecule has 3 atom stereocenters. The highest BCUT2D eigenvalue weighted by Crippen LogP contribution is 2.27. The zero-order chi connectivity index (χ0) is 14.9. The number of rotatable bonds is 2. The summed E-state index contributed by atoms with van der Waals surface area (Å²) in [6.45, 7) is 3.06. The third-order valence-corrected chi connectivity index (χ3v) is 4.44. The second kappa shape index (κ2) is 5.81. The van der Waals surface area contributed by atoms with Gasteiger partial charge in [0.2, 0.25) is 11.8 Å². The summed E-state index contributed by atoms with van der Waals surface area (Å²) in [6.07, 6.45) is 2.16. The van der Waals surface area contributed by atoms with E-state index in [1.54, 1.807) is 11.9 Å².